The van der Waals surface area contributed by atoms with E-state index in [2.05, 4.69) is 20.3 Å². The Morgan fingerprint density at radius 1 is 1.36 bits per heavy atom. The van der Waals surface area contributed by atoms with Gasteiger partial charge in [0.1, 0.15) is 5.82 Å². The summed E-state index contributed by atoms with van der Waals surface area (Å²) in [6.07, 6.45) is 5.64. The minimum absolute atomic E-state index is 0.0202. The number of nitrogens with one attached hydrogen (secondary N) is 2. The second-order valence-corrected chi connectivity index (χ2v) is 6.16. The van der Waals surface area contributed by atoms with Gasteiger partial charge in [0.05, 0.1) is 10.9 Å². The van der Waals surface area contributed by atoms with E-state index >= 15 is 0 Å². The van der Waals surface area contributed by atoms with Gasteiger partial charge in [-0.3, -0.25) is 9.78 Å². The highest BCUT2D eigenvalue weighted by atomic mass is 16.4. The molecule has 0 unspecified atom stereocenters. The molecule has 3 aromatic rings. The molecule has 3 aromatic heterocycles. The van der Waals surface area contributed by atoms with Crippen LogP contribution in [0, 0.1) is 0 Å². The lowest BCUT2D eigenvalue weighted by Crippen LogP contribution is -2.44. The number of fused-ring (bicyclic) bond motifs is 3. The molecule has 1 aliphatic rings. The molecule has 8 heteroatoms. The summed E-state index contributed by atoms with van der Waals surface area (Å²) in [5, 5.41) is 14.6. The monoisotopic (exact) mass is 339 g/mol. The molecule has 128 valence electrons. The van der Waals surface area contributed by atoms with Gasteiger partial charge < -0.3 is 20.3 Å². The lowest BCUT2D eigenvalue weighted by atomic mass is 10.1. The lowest BCUT2D eigenvalue weighted by Gasteiger charge is -2.31. The van der Waals surface area contributed by atoms with Crippen LogP contribution in [0.25, 0.3) is 21.7 Å². The van der Waals surface area contributed by atoms with Crippen molar-refractivity contribution >= 4 is 33.6 Å². The van der Waals surface area contributed by atoms with E-state index in [1.165, 1.54) is 4.90 Å². The third kappa shape index (κ3) is 2.75. The number of nitrogens with zero attached hydrogens (tertiary/aromatic N) is 3. The fraction of sp³-hybridized carbons (Fsp3) is 0.294. The van der Waals surface area contributed by atoms with Crippen molar-refractivity contribution in [2.24, 2.45) is 0 Å². The topological polar surface area (TPSA) is 111 Å². The molecule has 1 atom stereocenters. The smallest absolute Gasteiger partial charge is 0.407 e. The van der Waals surface area contributed by atoms with Crippen LogP contribution in [0.3, 0.4) is 0 Å². The van der Waals surface area contributed by atoms with Gasteiger partial charge in [0.2, 0.25) is 0 Å². The van der Waals surface area contributed by atoms with Crippen molar-refractivity contribution in [1.82, 2.24) is 19.9 Å². The summed E-state index contributed by atoms with van der Waals surface area (Å²) in [7, 11) is 0. The number of pyridine rings is 3. The predicted molar refractivity (Wildman–Crippen MR) is 93.9 cm³/mol. The summed E-state index contributed by atoms with van der Waals surface area (Å²) < 4.78 is 0. The maximum atomic E-state index is 12.2. The van der Waals surface area contributed by atoms with Crippen molar-refractivity contribution < 1.29 is 9.90 Å². The van der Waals surface area contributed by atoms with Gasteiger partial charge in [-0.25, -0.2) is 9.78 Å². The Hall–Kier alpha value is -3.16. The number of hydrogen-bond donors (Lipinski definition) is 3. The van der Waals surface area contributed by atoms with E-state index in [0.29, 0.717) is 29.8 Å². The summed E-state index contributed by atoms with van der Waals surface area (Å²) in [6.45, 7) is 0.968. The first kappa shape index (κ1) is 15.4. The maximum absolute atomic E-state index is 12.2. The third-order valence-electron chi connectivity index (χ3n) is 4.55. The highest BCUT2D eigenvalue weighted by molar-refractivity contribution is 6.09. The van der Waals surface area contributed by atoms with Gasteiger partial charge in [0.15, 0.2) is 0 Å². The van der Waals surface area contributed by atoms with Gasteiger partial charge in [-0.05, 0) is 25.0 Å². The fourth-order valence-corrected chi connectivity index (χ4v) is 3.37. The van der Waals surface area contributed by atoms with Crippen molar-refractivity contribution in [2.45, 2.75) is 18.9 Å². The molecular weight excluding hydrogens is 322 g/mol. The zero-order valence-electron chi connectivity index (χ0n) is 13.4. The minimum Gasteiger partial charge on any atom is -0.465 e. The van der Waals surface area contributed by atoms with Crippen molar-refractivity contribution in [3.05, 3.63) is 41.1 Å². The Bertz CT molecular complexity index is 1020. The summed E-state index contributed by atoms with van der Waals surface area (Å²) in [5.74, 6) is 0.646. The Morgan fingerprint density at radius 3 is 3.08 bits per heavy atom. The van der Waals surface area contributed by atoms with Crippen LogP contribution in [0.15, 0.2) is 35.5 Å². The van der Waals surface area contributed by atoms with E-state index in [1.807, 2.05) is 6.07 Å². The van der Waals surface area contributed by atoms with Crippen LogP contribution in [0.2, 0.25) is 0 Å². The summed E-state index contributed by atoms with van der Waals surface area (Å²) in [4.78, 5) is 36.2. The largest absolute Gasteiger partial charge is 0.465 e. The number of carboxylic acid groups (broad SMARTS) is 1. The molecule has 4 rings (SSSR count). The Kier molecular flexibility index (Phi) is 3.72. The minimum atomic E-state index is -0.904. The zero-order chi connectivity index (χ0) is 17.4. The van der Waals surface area contributed by atoms with E-state index in [4.69, 9.17) is 0 Å². The first-order valence-electron chi connectivity index (χ1n) is 8.13. The second-order valence-electron chi connectivity index (χ2n) is 6.16. The molecule has 0 bridgehead atoms. The van der Waals surface area contributed by atoms with Gasteiger partial charge in [-0.15, -0.1) is 0 Å². The molecule has 0 saturated carbocycles. The van der Waals surface area contributed by atoms with Crippen LogP contribution in [0.4, 0.5) is 10.6 Å². The Morgan fingerprint density at radius 2 is 2.24 bits per heavy atom. The highest BCUT2D eigenvalue weighted by Crippen LogP contribution is 2.27. The van der Waals surface area contributed by atoms with E-state index in [-0.39, 0.29) is 11.6 Å². The Labute approximate surface area is 142 Å². The van der Waals surface area contributed by atoms with Crippen LogP contribution in [-0.2, 0) is 0 Å². The van der Waals surface area contributed by atoms with Gasteiger partial charge in [-0.1, -0.05) is 0 Å². The number of amides is 1. The molecule has 25 heavy (non-hydrogen) atoms. The Balaban J connectivity index is 1.79. The summed E-state index contributed by atoms with van der Waals surface area (Å²) >= 11 is 0. The van der Waals surface area contributed by atoms with Crippen molar-refractivity contribution in [2.75, 3.05) is 18.4 Å². The lowest BCUT2D eigenvalue weighted by molar-refractivity contribution is 0.133. The van der Waals surface area contributed by atoms with E-state index in [1.54, 1.807) is 24.7 Å². The summed E-state index contributed by atoms with van der Waals surface area (Å²) in [5.41, 5.74) is 0.377. The standard InChI is InChI=1S/C17H17N5O3/c23-16-14-12-8-18-5-3-11(12)15(21-13(14)4-6-19-16)20-10-2-1-7-22(9-10)17(24)25/h3-6,8,10H,1-2,7,9H2,(H,19,23)(H,20,21)(H,24,25)/t10-/m0/s1. The molecule has 0 spiro atoms. The number of aromatic nitrogens is 3. The van der Waals surface area contributed by atoms with Crippen LogP contribution >= 0.6 is 0 Å². The molecular formula is C17H17N5O3. The molecule has 0 aromatic carbocycles. The quantitative estimate of drug-likeness (QED) is 0.616. The van der Waals surface area contributed by atoms with Crippen molar-refractivity contribution in [3.8, 4) is 0 Å². The number of anilines is 1. The SMILES string of the molecule is O=C(O)N1CCC[C@H](Nc2nc3cc[nH]c(=O)c3c3cnccc23)C1. The first-order chi connectivity index (χ1) is 12.1. The highest BCUT2D eigenvalue weighted by Gasteiger charge is 2.24. The number of piperidine rings is 1. The van der Waals surface area contributed by atoms with E-state index in [9.17, 15) is 14.7 Å². The number of likely N-dealkylation sites (tertiary alicyclic amines) is 1. The van der Waals surface area contributed by atoms with Crippen LogP contribution in [0.1, 0.15) is 12.8 Å². The number of H-pyrrole nitrogens is 1. The van der Waals surface area contributed by atoms with Gasteiger partial charge in [-0.2, -0.15) is 0 Å². The van der Waals surface area contributed by atoms with Crippen LogP contribution in [0.5, 0.6) is 0 Å². The molecule has 0 aliphatic carbocycles. The number of rotatable bonds is 2. The predicted octanol–water partition coefficient (Wildman–Crippen LogP) is 2.03. The van der Waals surface area contributed by atoms with Crippen molar-refractivity contribution in [1.29, 1.82) is 0 Å². The molecule has 1 saturated heterocycles. The normalized spacial score (nSPS) is 17.8. The molecule has 8 nitrogen and oxygen atoms in total. The molecule has 4 heterocycles. The van der Waals surface area contributed by atoms with Gasteiger partial charge >= 0.3 is 6.09 Å². The molecule has 0 radical (unpaired) electrons. The average Bonchev–Trinajstić information content (AvgIpc) is 2.62. The molecule has 1 aliphatic heterocycles. The number of hydrogen-bond acceptors (Lipinski definition) is 5. The molecule has 1 amide bonds. The van der Waals surface area contributed by atoms with Gasteiger partial charge in [0.25, 0.3) is 5.56 Å². The third-order valence-corrected chi connectivity index (χ3v) is 4.55. The summed E-state index contributed by atoms with van der Waals surface area (Å²) in [6, 6.07) is 3.54. The van der Waals surface area contributed by atoms with Crippen molar-refractivity contribution in [3.63, 3.8) is 0 Å². The van der Waals surface area contributed by atoms with Gasteiger partial charge in [0, 0.05) is 48.5 Å². The second kappa shape index (κ2) is 6.04. The average molecular weight is 339 g/mol. The number of carbonyl (C=O) groups is 1. The maximum Gasteiger partial charge on any atom is 0.407 e. The van der Waals surface area contributed by atoms with Crippen LogP contribution < -0.4 is 10.9 Å². The fourth-order valence-electron chi connectivity index (χ4n) is 3.37. The zero-order valence-corrected chi connectivity index (χ0v) is 13.4. The van der Waals surface area contributed by atoms with E-state index < -0.39 is 6.09 Å². The van der Waals surface area contributed by atoms with E-state index in [0.717, 1.165) is 23.6 Å². The number of aromatic amines is 1. The van der Waals surface area contributed by atoms with Crippen LogP contribution in [-0.4, -0.2) is 50.2 Å². The molecule has 1 fully saturated rings. The first-order valence-corrected chi connectivity index (χ1v) is 8.13. The molecule has 3 N–H and O–H groups in total.